The number of likely N-dealkylation sites (tertiary alicyclic amines) is 2. The number of hydrogen-bond acceptors (Lipinski definition) is 5. The van der Waals surface area contributed by atoms with Gasteiger partial charge in [-0.15, -0.1) is 0 Å². The third kappa shape index (κ3) is 6.33. The zero-order valence-corrected chi connectivity index (χ0v) is 24.5. The van der Waals surface area contributed by atoms with E-state index in [9.17, 15) is 19.8 Å². The van der Waals surface area contributed by atoms with Gasteiger partial charge < -0.3 is 19.8 Å². The fourth-order valence-electron chi connectivity index (χ4n) is 5.96. The summed E-state index contributed by atoms with van der Waals surface area (Å²) in [5, 5.41) is 20.9. The summed E-state index contributed by atoms with van der Waals surface area (Å²) >= 11 is 12.3. The highest BCUT2D eigenvalue weighted by molar-refractivity contribution is 6.34. The summed E-state index contributed by atoms with van der Waals surface area (Å²) < 4.78 is 37.1. The number of ether oxygens (including phenoxy) is 1. The van der Waals surface area contributed by atoms with Crippen molar-refractivity contribution in [3.05, 3.63) is 62.9 Å². The zero-order valence-electron chi connectivity index (χ0n) is 23.0. The van der Waals surface area contributed by atoms with Crippen LogP contribution in [-0.4, -0.2) is 75.9 Å². The molecule has 1 aliphatic carbocycles. The molecule has 2 aromatic carbocycles. The number of hydrogen-bond donors (Lipinski definition) is 2. The molecule has 2 aromatic rings. The van der Waals surface area contributed by atoms with Crippen molar-refractivity contribution in [1.29, 1.82) is 0 Å². The number of amides is 1. The van der Waals surface area contributed by atoms with Crippen LogP contribution in [0.4, 0.5) is 8.78 Å². The minimum atomic E-state index is -1.61. The van der Waals surface area contributed by atoms with Gasteiger partial charge in [0.2, 0.25) is 0 Å². The largest absolute Gasteiger partial charge is 0.490 e. The Morgan fingerprint density at radius 1 is 1.12 bits per heavy atom. The van der Waals surface area contributed by atoms with Crippen LogP contribution in [0.2, 0.25) is 10.0 Å². The van der Waals surface area contributed by atoms with E-state index in [2.05, 4.69) is 4.90 Å². The fourth-order valence-corrected chi connectivity index (χ4v) is 6.51. The average Bonchev–Trinajstić information content (AvgIpc) is 3.71. The minimum absolute atomic E-state index is 0.00209. The molecule has 3 fully saturated rings. The first-order valence-electron chi connectivity index (χ1n) is 13.9. The van der Waals surface area contributed by atoms with E-state index < -0.39 is 41.4 Å². The van der Waals surface area contributed by atoms with E-state index in [0.29, 0.717) is 28.7 Å². The highest BCUT2D eigenvalue weighted by atomic mass is 35.5. The Bertz CT molecular complexity index is 1310. The minimum Gasteiger partial charge on any atom is -0.490 e. The lowest BCUT2D eigenvalue weighted by Crippen LogP contribution is -2.45. The number of carboxylic acids is 1. The lowest BCUT2D eigenvalue weighted by atomic mass is 9.92. The Hall–Kier alpha value is -2.46. The Morgan fingerprint density at radius 3 is 2.34 bits per heavy atom. The highest BCUT2D eigenvalue weighted by Crippen LogP contribution is 2.46. The molecule has 0 aromatic heterocycles. The lowest BCUT2D eigenvalue weighted by Gasteiger charge is -2.39. The second-order valence-electron chi connectivity index (χ2n) is 11.7. The molecule has 0 spiro atoms. The molecule has 2 aliphatic heterocycles. The number of nitrogens with zero attached hydrogens (tertiary/aromatic N) is 2. The van der Waals surface area contributed by atoms with Gasteiger partial charge in [-0.1, -0.05) is 30.1 Å². The van der Waals surface area contributed by atoms with Gasteiger partial charge in [-0.3, -0.25) is 9.69 Å². The number of carboxylic acid groups (broad SMARTS) is 1. The quantitative estimate of drug-likeness (QED) is 0.389. The lowest BCUT2D eigenvalue weighted by molar-refractivity contribution is -0.142. The molecular formula is C30H34Cl2F2N2O5. The van der Waals surface area contributed by atoms with Crippen molar-refractivity contribution < 1.29 is 33.3 Å². The van der Waals surface area contributed by atoms with Gasteiger partial charge in [0.25, 0.3) is 5.91 Å². The first kappa shape index (κ1) is 30.0. The maximum atomic E-state index is 15.9. The Kier molecular flexibility index (Phi) is 8.54. The molecule has 2 heterocycles. The standard InChI is InChI=1S/C30H34Cl2F2N2O5/c1-16-25(37)14-36(27(16)29(39)40)28(38)23-12-22(18-3-4-18)26(13-24(23)33)41-15-30(34)5-7-35(8-6-30)17(2)19-9-20(31)11-21(32)10-19/h9-13,16-18,25,27,37H,3-8,14-15H2,1-2H3,(H,39,40)/t16?,17?,25-,27+/m1/s1. The summed E-state index contributed by atoms with van der Waals surface area (Å²) in [4.78, 5) is 28.2. The van der Waals surface area contributed by atoms with Crippen LogP contribution in [0.1, 0.15) is 73.0 Å². The monoisotopic (exact) mass is 610 g/mol. The first-order valence-corrected chi connectivity index (χ1v) is 14.7. The van der Waals surface area contributed by atoms with Gasteiger partial charge in [-0.2, -0.15) is 0 Å². The zero-order chi connectivity index (χ0) is 29.6. The third-order valence-corrected chi connectivity index (χ3v) is 9.22. The van der Waals surface area contributed by atoms with Crippen molar-refractivity contribution in [3.8, 4) is 5.75 Å². The molecule has 2 unspecified atom stereocenters. The molecule has 7 nitrogen and oxygen atoms in total. The maximum absolute atomic E-state index is 15.9. The van der Waals surface area contributed by atoms with Gasteiger partial charge in [0.05, 0.1) is 11.7 Å². The van der Waals surface area contributed by atoms with Gasteiger partial charge in [0, 0.05) is 47.7 Å². The van der Waals surface area contributed by atoms with Gasteiger partial charge in [0.15, 0.2) is 0 Å². The molecule has 222 valence electrons. The number of benzene rings is 2. The average molecular weight is 612 g/mol. The molecule has 0 bridgehead atoms. The number of aliphatic hydroxyl groups excluding tert-OH is 1. The third-order valence-electron chi connectivity index (χ3n) is 8.78. The van der Waals surface area contributed by atoms with Crippen LogP contribution in [-0.2, 0) is 4.79 Å². The predicted octanol–water partition coefficient (Wildman–Crippen LogP) is 5.86. The van der Waals surface area contributed by atoms with Crippen molar-refractivity contribution in [3.63, 3.8) is 0 Å². The van der Waals surface area contributed by atoms with Crippen LogP contribution < -0.4 is 4.74 Å². The number of rotatable bonds is 8. The van der Waals surface area contributed by atoms with Crippen LogP contribution in [0.15, 0.2) is 30.3 Å². The van der Waals surface area contributed by atoms with Crippen molar-refractivity contribution >= 4 is 35.1 Å². The Balaban J connectivity index is 1.27. The molecule has 3 aliphatic rings. The van der Waals surface area contributed by atoms with E-state index in [-0.39, 0.29) is 49.3 Å². The Labute approximate surface area is 248 Å². The van der Waals surface area contributed by atoms with Gasteiger partial charge in [0.1, 0.15) is 29.9 Å². The molecule has 1 saturated carbocycles. The highest BCUT2D eigenvalue weighted by Gasteiger charge is 2.46. The molecular weight excluding hydrogens is 577 g/mol. The summed E-state index contributed by atoms with van der Waals surface area (Å²) in [7, 11) is 0. The SMILES string of the molecule is CC1[C@H](O)CN(C(=O)c2cc(C3CC3)c(OCC3(F)CCN(C(C)c4cc(Cl)cc(Cl)c4)CC3)cc2F)[C@@H]1C(=O)O. The van der Waals surface area contributed by atoms with Crippen LogP contribution in [0, 0.1) is 11.7 Å². The predicted molar refractivity (Wildman–Crippen MR) is 151 cm³/mol. The van der Waals surface area contributed by atoms with E-state index in [4.69, 9.17) is 27.9 Å². The molecule has 0 radical (unpaired) electrons. The summed E-state index contributed by atoms with van der Waals surface area (Å²) in [6.45, 7) is 4.11. The summed E-state index contributed by atoms with van der Waals surface area (Å²) in [6, 6.07) is 6.64. The molecule has 4 atom stereocenters. The van der Waals surface area contributed by atoms with Crippen LogP contribution in [0.5, 0.6) is 5.75 Å². The molecule has 5 rings (SSSR count). The van der Waals surface area contributed by atoms with E-state index in [1.54, 1.807) is 13.0 Å². The molecule has 41 heavy (non-hydrogen) atoms. The molecule has 11 heteroatoms. The van der Waals surface area contributed by atoms with Gasteiger partial charge >= 0.3 is 5.97 Å². The number of carbonyl (C=O) groups is 2. The number of β-amino-alcohol motifs (C(OH)–C–C–N with tert-alkyl or cyclic N) is 1. The van der Waals surface area contributed by atoms with Gasteiger partial charge in [-0.25, -0.2) is 13.6 Å². The van der Waals surface area contributed by atoms with Crippen LogP contribution >= 0.6 is 23.2 Å². The van der Waals surface area contributed by atoms with Crippen molar-refractivity contribution in [2.75, 3.05) is 26.2 Å². The smallest absolute Gasteiger partial charge is 0.326 e. The summed E-state index contributed by atoms with van der Waals surface area (Å²) in [5.74, 6) is -3.36. The summed E-state index contributed by atoms with van der Waals surface area (Å²) in [5.41, 5.74) is -0.311. The number of aliphatic hydroxyl groups is 1. The number of aliphatic carboxylic acids is 1. The van der Waals surface area contributed by atoms with E-state index in [0.717, 1.165) is 29.4 Å². The van der Waals surface area contributed by atoms with Gasteiger partial charge in [-0.05, 0) is 73.9 Å². The second kappa shape index (κ2) is 11.7. The number of halogens is 4. The Morgan fingerprint density at radius 2 is 1.76 bits per heavy atom. The number of piperidine rings is 1. The second-order valence-corrected chi connectivity index (χ2v) is 12.5. The van der Waals surface area contributed by atoms with Crippen molar-refractivity contribution in [2.45, 2.75) is 69.3 Å². The van der Waals surface area contributed by atoms with Crippen LogP contribution in [0.25, 0.3) is 0 Å². The van der Waals surface area contributed by atoms with Crippen molar-refractivity contribution in [1.82, 2.24) is 9.80 Å². The molecule has 1 amide bonds. The van der Waals surface area contributed by atoms with E-state index >= 15 is 8.78 Å². The number of carbonyl (C=O) groups excluding carboxylic acids is 1. The first-order chi connectivity index (χ1) is 19.4. The van der Waals surface area contributed by atoms with Crippen LogP contribution in [0.3, 0.4) is 0 Å². The summed E-state index contributed by atoms with van der Waals surface area (Å²) in [6.07, 6.45) is 1.10. The normalized spacial score (nSPS) is 25.2. The topological polar surface area (TPSA) is 90.3 Å². The van der Waals surface area contributed by atoms with E-state index in [1.807, 2.05) is 19.1 Å². The number of alkyl halides is 1. The fraction of sp³-hybridized carbons (Fsp3) is 0.533. The van der Waals surface area contributed by atoms with E-state index in [1.165, 1.54) is 6.07 Å². The molecule has 2 N–H and O–H groups in total. The maximum Gasteiger partial charge on any atom is 0.326 e. The molecule has 2 saturated heterocycles. The van der Waals surface area contributed by atoms with Crippen molar-refractivity contribution in [2.24, 2.45) is 5.92 Å².